The van der Waals surface area contributed by atoms with Crippen LogP contribution >= 0.6 is 0 Å². The molecule has 0 bridgehead atoms. The maximum Gasteiger partial charge on any atom is 1.00 e. The van der Waals surface area contributed by atoms with Crippen LogP contribution in [0, 0.1) is 0 Å². The molecule has 0 aromatic carbocycles. The van der Waals surface area contributed by atoms with Crippen LogP contribution in [-0.4, -0.2) is 8.32 Å². The fourth-order valence-corrected chi connectivity index (χ4v) is 1.20. The van der Waals surface area contributed by atoms with E-state index >= 15 is 0 Å². The van der Waals surface area contributed by atoms with Gasteiger partial charge in [-0.05, 0) is 15.2 Å². The first-order valence-electron chi connectivity index (χ1n) is 2.88. The Hall–Kier alpha value is 0.917. The number of hydrogen-bond acceptors (Lipinski definition) is 1. The Kier molecular flexibility index (Phi) is 7.94. The van der Waals surface area contributed by atoms with E-state index in [1.54, 1.807) is 0 Å². The number of hydrogen-bond donors (Lipinski definition) is 0. The van der Waals surface area contributed by atoms with Crippen LogP contribution in [0.3, 0.4) is 0 Å². The Bertz CT molecular complexity index is 85.5. The van der Waals surface area contributed by atoms with Gasteiger partial charge < -0.3 is 4.80 Å². The quantitative estimate of drug-likeness (QED) is 0.336. The number of allylic oxidation sites excluding steroid dienone is 2. The van der Waals surface area contributed by atoms with Crippen LogP contribution in [0.5, 0.6) is 0 Å². The topological polar surface area (TPSA) is 23.1 Å². The maximum absolute atomic E-state index is 11.0. The summed E-state index contributed by atoms with van der Waals surface area (Å²) < 4.78 is 0. The molecule has 9 heavy (non-hydrogen) atoms. The third-order valence-electron chi connectivity index (χ3n) is 0.845. The molecule has 0 aromatic heterocycles. The molecular weight excluding hydrogens is 139 g/mol. The molecule has 0 aliphatic rings. The summed E-state index contributed by atoms with van der Waals surface area (Å²) in [5.41, 5.74) is 0. The summed E-state index contributed by atoms with van der Waals surface area (Å²) in [7, 11) is -2.01. The molecule has 1 nitrogen and oxygen atoms in total. The summed E-state index contributed by atoms with van der Waals surface area (Å²) >= 11 is 0. The van der Waals surface area contributed by atoms with Crippen molar-refractivity contribution in [3.8, 4) is 0 Å². The normalized spacial score (nSPS) is 11.6. The van der Waals surface area contributed by atoms with E-state index in [0.717, 1.165) is 6.04 Å². The first-order valence-corrected chi connectivity index (χ1v) is 5.99. The van der Waals surface area contributed by atoms with Gasteiger partial charge in [-0.2, -0.15) is 0 Å². The minimum absolute atomic E-state index is 0. The summed E-state index contributed by atoms with van der Waals surface area (Å²) in [5.74, 6) is 0. The molecule has 0 heterocycles. The monoisotopic (exact) mass is 152 g/mol. The summed E-state index contributed by atoms with van der Waals surface area (Å²) in [5, 5.41) is 0. The molecule has 0 spiro atoms. The maximum atomic E-state index is 11.0. The van der Waals surface area contributed by atoms with Crippen molar-refractivity contribution in [1.29, 1.82) is 0 Å². The standard InChI is InChI=1S/C6H13OSi.Na/c1-4-5-6-8(2,3)7;/h4-5H,6H2,1-3H3;/q-1;+1/b5-4+;. The smallest absolute Gasteiger partial charge is 0.858 e. The van der Waals surface area contributed by atoms with Crippen molar-refractivity contribution in [1.82, 2.24) is 0 Å². The largest absolute Gasteiger partial charge is 1.00 e. The van der Waals surface area contributed by atoms with Gasteiger partial charge in [0.1, 0.15) is 0 Å². The van der Waals surface area contributed by atoms with E-state index in [0.29, 0.717) is 0 Å². The van der Waals surface area contributed by atoms with Crippen LogP contribution in [0.1, 0.15) is 6.92 Å². The van der Waals surface area contributed by atoms with Gasteiger partial charge in [0, 0.05) is 0 Å². The molecule has 0 saturated carbocycles. The van der Waals surface area contributed by atoms with E-state index in [-0.39, 0.29) is 29.6 Å². The Morgan fingerprint density at radius 1 is 1.44 bits per heavy atom. The fourth-order valence-electron chi connectivity index (χ4n) is 0.402. The van der Waals surface area contributed by atoms with Gasteiger partial charge in [-0.15, -0.1) is 0 Å². The molecular formula is C6H13NaOSi. The van der Waals surface area contributed by atoms with Crippen LogP contribution in [0.15, 0.2) is 12.2 Å². The molecule has 48 valence electrons. The van der Waals surface area contributed by atoms with E-state index < -0.39 is 8.32 Å². The van der Waals surface area contributed by atoms with Gasteiger partial charge in [-0.1, -0.05) is 31.3 Å². The van der Waals surface area contributed by atoms with E-state index in [4.69, 9.17) is 0 Å². The second-order valence-corrected chi connectivity index (χ2v) is 6.46. The van der Waals surface area contributed by atoms with Gasteiger partial charge in [-0.3, -0.25) is 0 Å². The van der Waals surface area contributed by atoms with Crippen molar-refractivity contribution in [2.24, 2.45) is 0 Å². The van der Waals surface area contributed by atoms with Gasteiger partial charge in [-0.25, -0.2) is 0 Å². The molecule has 3 heteroatoms. The predicted molar refractivity (Wildman–Crippen MR) is 37.1 cm³/mol. The molecule has 0 fully saturated rings. The summed E-state index contributed by atoms with van der Waals surface area (Å²) in [6.07, 6.45) is 3.89. The molecule has 0 aromatic rings. The van der Waals surface area contributed by atoms with E-state index in [1.165, 1.54) is 0 Å². The van der Waals surface area contributed by atoms with Crippen LogP contribution in [-0.2, 0) is 0 Å². The second-order valence-electron chi connectivity index (χ2n) is 2.53. The van der Waals surface area contributed by atoms with Crippen LogP contribution < -0.4 is 34.4 Å². The minimum atomic E-state index is -2.01. The molecule has 0 radical (unpaired) electrons. The zero-order valence-corrected chi connectivity index (χ0v) is 9.77. The summed E-state index contributed by atoms with van der Waals surface area (Å²) in [4.78, 5) is 11.0. The van der Waals surface area contributed by atoms with Crippen molar-refractivity contribution in [3.63, 3.8) is 0 Å². The fraction of sp³-hybridized carbons (Fsp3) is 0.667. The SMILES string of the molecule is C/C=C/C[Si](C)(C)[O-].[Na+]. The Morgan fingerprint density at radius 3 is 2.00 bits per heavy atom. The van der Waals surface area contributed by atoms with Crippen LogP contribution in [0.25, 0.3) is 0 Å². The average molecular weight is 152 g/mol. The summed E-state index contributed by atoms with van der Waals surface area (Å²) in [6, 6.07) is 0.767. The third-order valence-corrected chi connectivity index (χ3v) is 2.06. The van der Waals surface area contributed by atoms with Crippen LogP contribution in [0.4, 0.5) is 0 Å². The molecule has 0 amide bonds. The van der Waals surface area contributed by atoms with Gasteiger partial charge >= 0.3 is 29.6 Å². The third kappa shape index (κ3) is 12.2. The average Bonchev–Trinajstić information content (AvgIpc) is 1.59. The van der Waals surface area contributed by atoms with E-state index in [1.807, 2.05) is 32.2 Å². The molecule has 0 saturated heterocycles. The first-order chi connectivity index (χ1) is 3.56. The van der Waals surface area contributed by atoms with Crippen molar-refractivity contribution < 1.29 is 34.4 Å². The molecule has 0 unspecified atom stereocenters. The van der Waals surface area contributed by atoms with Crippen LogP contribution in [0.2, 0.25) is 19.1 Å². The summed E-state index contributed by atoms with van der Waals surface area (Å²) in [6.45, 7) is 5.60. The Balaban J connectivity index is 0. The Morgan fingerprint density at radius 2 is 1.89 bits per heavy atom. The van der Waals surface area contributed by atoms with Gasteiger partial charge in [0.2, 0.25) is 0 Å². The molecule has 0 aliphatic carbocycles. The Labute approximate surface area is 80.6 Å². The zero-order chi connectivity index (χ0) is 6.62. The molecule has 0 rings (SSSR count). The first kappa shape index (κ1) is 12.6. The van der Waals surface area contributed by atoms with E-state index in [2.05, 4.69) is 0 Å². The van der Waals surface area contributed by atoms with Gasteiger partial charge in [0.05, 0.1) is 0 Å². The van der Waals surface area contributed by atoms with E-state index in [9.17, 15) is 4.80 Å². The van der Waals surface area contributed by atoms with Crippen molar-refractivity contribution in [2.45, 2.75) is 26.1 Å². The predicted octanol–water partition coefficient (Wildman–Crippen LogP) is -1.87. The minimum Gasteiger partial charge on any atom is -0.858 e. The molecule has 0 aliphatic heterocycles. The second kappa shape index (κ2) is 5.68. The molecule has 0 N–H and O–H groups in total. The van der Waals surface area contributed by atoms with Crippen molar-refractivity contribution in [2.75, 3.05) is 0 Å². The van der Waals surface area contributed by atoms with Gasteiger partial charge in [0.25, 0.3) is 0 Å². The van der Waals surface area contributed by atoms with Crippen molar-refractivity contribution in [3.05, 3.63) is 12.2 Å². The zero-order valence-electron chi connectivity index (χ0n) is 6.77. The number of rotatable bonds is 2. The van der Waals surface area contributed by atoms with Gasteiger partial charge in [0.15, 0.2) is 0 Å². The molecule has 0 atom stereocenters. The van der Waals surface area contributed by atoms with Crippen molar-refractivity contribution >= 4 is 8.32 Å².